The van der Waals surface area contributed by atoms with Crippen molar-refractivity contribution in [2.24, 2.45) is 5.73 Å². The normalized spacial score (nSPS) is 16.1. The number of rotatable bonds is 4. The predicted molar refractivity (Wildman–Crippen MR) is 89.5 cm³/mol. The van der Waals surface area contributed by atoms with Gasteiger partial charge >= 0.3 is 11.8 Å². The Morgan fingerprint density at radius 1 is 1.30 bits per heavy atom. The molecule has 3 N–H and O–H groups in total. The summed E-state index contributed by atoms with van der Waals surface area (Å²) in [6.45, 7) is 2.70. The highest BCUT2D eigenvalue weighted by Gasteiger charge is 2.27. The van der Waals surface area contributed by atoms with Crippen LogP contribution in [0.4, 0.5) is 0 Å². The van der Waals surface area contributed by atoms with Gasteiger partial charge < -0.3 is 20.9 Å². The fourth-order valence-corrected chi connectivity index (χ4v) is 2.83. The molecule has 6 heteroatoms. The van der Waals surface area contributed by atoms with Crippen LogP contribution in [0.5, 0.6) is 0 Å². The molecule has 2 rings (SSSR count). The number of carbonyl (C=O) groups is 2. The third kappa shape index (κ3) is 4.77. The number of benzene rings is 1. The Hall–Kier alpha value is -1.92. The van der Waals surface area contributed by atoms with Gasteiger partial charge in [-0.15, -0.1) is 0 Å². The minimum atomic E-state index is -0.551. The summed E-state index contributed by atoms with van der Waals surface area (Å²) in [4.78, 5) is 28.1. The second kappa shape index (κ2) is 8.08. The maximum Gasteiger partial charge on any atom is 0.311 e. The molecule has 1 aromatic rings. The van der Waals surface area contributed by atoms with Crippen molar-refractivity contribution >= 4 is 11.8 Å². The molecule has 0 bridgehead atoms. The first-order valence-corrected chi connectivity index (χ1v) is 8.02. The van der Waals surface area contributed by atoms with Gasteiger partial charge in [0.15, 0.2) is 0 Å². The van der Waals surface area contributed by atoms with Crippen molar-refractivity contribution in [1.29, 1.82) is 0 Å². The van der Waals surface area contributed by atoms with Gasteiger partial charge in [0.1, 0.15) is 0 Å². The van der Waals surface area contributed by atoms with Gasteiger partial charge in [-0.05, 0) is 44.1 Å². The van der Waals surface area contributed by atoms with E-state index in [9.17, 15) is 9.59 Å². The molecule has 126 valence electrons. The van der Waals surface area contributed by atoms with E-state index in [-0.39, 0.29) is 6.04 Å². The zero-order valence-electron chi connectivity index (χ0n) is 13.9. The Kier molecular flexibility index (Phi) is 6.12. The minimum absolute atomic E-state index is 0.144. The number of nitrogens with one attached hydrogen (secondary N) is 1. The standard InChI is InChI=1S/C17H26N4O2/c1-20-8-6-15(7-9-20)21(2)17(23)16(22)19-12-14-5-3-4-13(10-14)11-18/h3-5,10,15H,6-9,11-12,18H2,1-2H3,(H,19,22). The number of hydrogen-bond donors (Lipinski definition) is 2. The smallest absolute Gasteiger partial charge is 0.311 e. The first-order valence-electron chi connectivity index (χ1n) is 8.02. The van der Waals surface area contributed by atoms with Gasteiger partial charge in [0.05, 0.1) is 0 Å². The van der Waals surface area contributed by atoms with E-state index in [1.165, 1.54) is 0 Å². The van der Waals surface area contributed by atoms with Gasteiger partial charge in [0.25, 0.3) is 0 Å². The van der Waals surface area contributed by atoms with Crippen LogP contribution in [0.3, 0.4) is 0 Å². The van der Waals surface area contributed by atoms with Gasteiger partial charge in [-0.2, -0.15) is 0 Å². The third-order valence-corrected chi connectivity index (χ3v) is 4.43. The van der Waals surface area contributed by atoms with E-state index in [4.69, 9.17) is 5.73 Å². The molecule has 0 atom stereocenters. The Morgan fingerprint density at radius 2 is 1.96 bits per heavy atom. The van der Waals surface area contributed by atoms with Gasteiger partial charge in [0, 0.05) is 26.2 Å². The van der Waals surface area contributed by atoms with Crippen molar-refractivity contribution in [2.45, 2.75) is 32.0 Å². The van der Waals surface area contributed by atoms with Crippen LogP contribution in [0.2, 0.25) is 0 Å². The van der Waals surface area contributed by atoms with Crippen LogP contribution in [0.1, 0.15) is 24.0 Å². The van der Waals surface area contributed by atoms with Crippen LogP contribution in [0.25, 0.3) is 0 Å². The van der Waals surface area contributed by atoms with Gasteiger partial charge in [0.2, 0.25) is 0 Å². The van der Waals surface area contributed by atoms with Crippen molar-refractivity contribution < 1.29 is 9.59 Å². The molecule has 6 nitrogen and oxygen atoms in total. The highest BCUT2D eigenvalue weighted by Crippen LogP contribution is 2.14. The summed E-state index contributed by atoms with van der Waals surface area (Å²) in [5, 5.41) is 2.70. The Balaban J connectivity index is 1.85. The Bertz CT molecular complexity index is 553. The number of amides is 2. The monoisotopic (exact) mass is 318 g/mol. The Morgan fingerprint density at radius 3 is 2.61 bits per heavy atom. The van der Waals surface area contributed by atoms with Gasteiger partial charge in [-0.3, -0.25) is 9.59 Å². The van der Waals surface area contributed by atoms with E-state index in [1.54, 1.807) is 11.9 Å². The fraction of sp³-hybridized carbons (Fsp3) is 0.529. The van der Waals surface area contributed by atoms with Crippen molar-refractivity contribution in [1.82, 2.24) is 15.1 Å². The molecular weight excluding hydrogens is 292 g/mol. The van der Waals surface area contributed by atoms with E-state index in [1.807, 2.05) is 24.3 Å². The van der Waals surface area contributed by atoms with E-state index in [2.05, 4.69) is 17.3 Å². The molecule has 1 aromatic carbocycles. The molecule has 0 radical (unpaired) electrons. The van der Waals surface area contributed by atoms with E-state index in [0.29, 0.717) is 13.1 Å². The topological polar surface area (TPSA) is 78.7 Å². The lowest BCUT2D eigenvalue weighted by molar-refractivity contribution is -0.147. The molecule has 23 heavy (non-hydrogen) atoms. The second-order valence-electron chi connectivity index (χ2n) is 6.16. The largest absolute Gasteiger partial charge is 0.344 e. The first kappa shape index (κ1) is 17.4. The van der Waals surface area contributed by atoms with Crippen LogP contribution in [-0.4, -0.2) is 54.8 Å². The predicted octanol–water partition coefficient (Wildman–Crippen LogP) is 0.314. The summed E-state index contributed by atoms with van der Waals surface area (Å²) in [6.07, 6.45) is 1.81. The summed E-state index contributed by atoms with van der Waals surface area (Å²) in [5.41, 5.74) is 7.55. The lowest BCUT2D eigenvalue weighted by atomic mass is 10.0. The first-order chi connectivity index (χ1) is 11.0. The lowest BCUT2D eigenvalue weighted by Crippen LogP contribution is -2.49. The number of nitrogens with zero attached hydrogens (tertiary/aromatic N) is 2. The number of likely N-dealkylation sites (tertiary alicyclic amines) is 1. The zero-order valence-corrected chi connectivity index (χ0v) is 13.9. The zero-order chi connectivity index (χ0) is 16.8. The van der Waals surface area contributed by atoms with Gasteiger partial charge in [-0.25, -0.2) is 0 Å². The van der Waals surface area contributed by atoms with Crippen molar-refractivity contribution in [3.63, 3.8) is 0 Å². The second-order valence-corrected chi connectivity index (χ2v) is 6.16. The molecule has 1 saturated heterocycles. The number of piperidine rings is 1. The molecular formula is C17H26N4O2. The molecule has 1 heterocycles. The number of carbonyl (C=O) groups excluding carboxylic acids is 2. The summed E-state index contributed by atoms with van der Waals surface area (Å²) < 4.78 is 0. The fourth-order valence-electron chi connectivity index (χ4n) is 2.83. The number of hydrogen-bond acceptors (Lipinski definition) is 4. The average molecular weight is 318 g/mol. The van der Waals surface area contributed by atoms with Crippen molar-refractivity contribution in [3.8, 4) is 0 Å². The van der Waals surface area contributed by atoms with E-state index in [0.717, 1.165) is 37.1 Å². The highest BCUT2D eigenvalue weighted by atomic mass is 16.2. The quantitative estimate of drug-likeness (QED) is 0.784. The molecule has 1 aliphatic rings. The lowest BCUT2D eigenvalue weighted by Gasteiger charge is -2.34. The molecule has 0 spiro atoms. The van der Waals surface area contributed by atoms with E-state index < -0.39 is 11.8 Å². The molecule has 1 aliphatic heterocycles. The summed E-state index contributed by atoms with van der Waals surface area (Å²) in [6, 6.07) is 7.82. The highest BCUT2D eigenvalue weighted by molar-refractivity contribution is 6.34. The van der Waals surface area contributed by atoms with Crippen LogP contribution in [0.15, 0.2) is 24.3 Å². The molecule has 0 saturated carbocycles. The van der Waals surface area contributed by atoms with Crippen LogP contribution >= 0.6 is 0 Å². The maximum atomic E-state index is 12.2. The SMILES string of the molecule is CN1CCC(N(C)C(=O)C(=O)NCc2cccc(CN)c2)CC1. The minimum Gasteiger partial charge on any atom is -0.344 e. The summed E-state index contributed by atoms with van der Waals surface area (Å²) in [7, 11) is 3.78. The third-order valence-electron chi connectivity index (χ3n) is 4.43. The van der Waals surface area contributed by atoms with Crippen LogP contribution in [0, 0.1) is 0 Å². The molecule has 1 fully saturated rings. The van der Waals surface area contributed by atoms with Crippen LogP contribution < -0.4 is 11.1 Å². The summed E-state index contributed by atoms with van der Waals surface area (Å²) in [5.74, 6) is -1.01. The Labute approximate surface area is 137 Å². The van der Waals surface area contributed by atoms with E-state index >= 15 is 0 Å². The molecule has 0 unspecified atom stereocenters. The number of likely N-dealkylation sites (N-methyl/N-ethyl adjacent to an activating group) is 1. The van der Waals surface area contributed by atoms with Crippen molar-refractivity contribution in [3.05, 3.63) is 35.4 Å². The van der Waals surface area contributed by atoms with Crippen LogP contribution in [-0.2, 0) is 22.7 Å². The maximum absolute atomic E-state index is 12.2. The number of nitrogens with two attached hydrogens (primary N) is 1. The summed E-state index contributed by atoms with van der Waals surface area (Å²) >= 11 is 0. The average Bonchev–Trinajstić information content (AvgIpc) is 2.59. The molecule has 0 aromatic heterocycles. The van der Waals surface area contributed by atoms with Crippen molar-refractivity contribution in [2.75, 3.05) is 27.2 Å². The molecule has 2 amide bonds. The molecule has 0 aliphatic carbocycles. The van der Waals surface area contributed by atoms with Gasteiger partial charge in [-0.1, -0.05) is 24.3 Å².